The van der Waals surface area contributed by atoms with Gasteiger partial charge in [-0.25, -0.2) is 8.42 Å². The van der Waals surface area contributed by atoms with Crippen molar-refractivity contribution in [3.05, 3.63) is 23.2 Å². The molecule has 128 valence electrons. The Labute approximate surface area is 141 Å². The minimum absolute atomic E-state index is 0.148. The zero-order chi connectivity index (χ0) is 16.9. The maximum Gasteiger partial charge on any atom is 0.257 e. The van der Waals surface area contributed by atoms with Crippen LogP contribution in [0.4, 0.5) is 0 Å². The number of carbonyl (C=O) groups is 1. The summed E-state index contributed by atoms with van der Waals surface area (Å²) in [4.78, 5) is 11.5. The molecule has 1 amide bonds. The Morgan fingerprint density at radius 3 is 2.61 bits per heavy atom. The largest absolute Gasteiger partial charge is 0.482 e. The molecule has 1 aromatic rings. The third-order valence-corrected chi connectivity index (χ3v) is 5.78. The van der Waals surface area contributed by atoms with Crippen LogP contribution in [0.3, 0.4) is 0 Å². The third kappa shape index (κ3) is 4.59. The summed E-state index contributed by atoms with van der Waals surface area (Å²) < 4.78 is 31.9. The Kier molecular flexibility index (Phi) is 6.26. The second-order valence-corrected chi connectivity index (χ2v) is 7.64. The second-order valence-electron chi connectivity index (χ2n) is 5.30. The van der Waals surface area contributed by atoms with Crippen LogP contribution in [-0.4, -0.2) is 44.9 Å². The maximum absolute atomic E-state index is 12.6. The van der Waals surface area contributed by atoms with E-state index < -0.39 is 10.0 Å². The number of sulfonamides is 1. The molecule has 0 bridgehead atoms. The van der Waals surface area contributed by atoms with Gasteiger partial charge in [0.15, 0.2) is 6.61 Å². The first-order chi connectivity index (χ1) is 10.9. The summed E-state index contributed by atoms with van der Waals surface area (Å²) in [5, 5.41) is 2.78. The quantitative estimate of drug-likeness (QED) is 0.842. The average molecular weight is 361 g/mol. The molecule has 2 rings (SSSR count). The summed E-state index contributed by atoms with van der Waals surface area (Å²) in [5.74, 6) is 0.0316. The van der Waals surface area contributed by atoms with Crippen LogP contribution in [-0.2, 0) is 14.8 Å². The third-order valence-electron chi connectivity index (χ3n) is 3.59. The van der Waals surface area contributed by atoms with E-state index in [-0.39, 0.29) is 28.2 Å². The number of nitrogens with zero attached hydrogens (tertiary/aromatic N) is 1. The van der Waals surface area contributed by atoms with Crippen LogP contribution in [0.1, 0.15) is 26.2 Å². The molecule has 6 nitrogen and oxygen atoms in total. The molecule has 0 unspecified atom stereocenters. The molecule has 1 fully saturated rings. The number of nitrogens with one attached hydrogen (secondary N) is 1. The van der Waals surface area contributed by atoms with Crippen molar-refractivity contribution in [1.29, 1.82) is 0 Å². The second kappa shape index (κ2) is 7.99. The molecule has 1 aromatic carbocycles. The van der Waals surface area contributed by atoms with E-state index >= 15 is 0 Å². The van der Waals surface area contributed by atoms with Gasteiger partial charge >= 0.3 is 0 Å². The lowest BCUT2D eigenvalue weighted by atomic mass is 10.2. The SMILES string of the molecule is CCNC(=O)COc1ccc(S(=O)(=O)N2CCCCC2)cc1Cl. The summed E-state index contributed by atoms with van der Waals surface area (Å²) >= 11 is 6.10. The minimum atomic E-state index is -3.53. The van der Waals surface area contributed by atoms with Gasteiger partial charge in [0.2, 0.25) is 10.0 Å². The molecule has 0 aliphatic carbocycles. The van der Waals surface area contributed by atoms with Crippen LogP contribution in [0.25, 0.3) is 0 Å². The van der Waals surface area contributed by atoms with Crippen LogP contribution >= 0.6 is 11.6 Å². The molecule has 1 aliphatic rings. The molecule has 23 heavy (non-hydrogen) atoms. The smallest absolute Gasteiger partial charge is 0.257 e. The molecular formula is C15H21ClN2O4S. The zero-order valence-electron chi connectivity index (χ0n) is 13.0. The lowest BCUT2D eigenvalue weighted by molar-refractivity contribution is -0.122. The summed E-state index contributed by atoms with van der Waals surface area (Å²) in [6.45, 7) is 3.24. The standard InChI is InChI=1S/C15H21ClN2O4S/c1-2-17-15(19)11-22-14-7-6-12(10-13(14)16)23(20,21)18-8-4-3-5-9-18/h6-7,10H,2-5,8-9,11H2,1H3,(H,17,19). The maximum atomic E-state index is 12.6. The first-order valence-electron chi connectivity index (χ1n) is 7.64. The van der Waals surface area contributed by atoms with Crippen LogP contribution in [0.15, 0.2) is 23.1 Å². The summed E-state index contributed by atoms with van der Waals surface area (Å²) in [6, 6.07) is 4.32. The highest BCUT2D eigenvalue weighted by Gasteiger charge is 2.26. The van der Waals surface area contributed by atoms with E-state index in [1.807, 2.05) is 6.92 Å². The predicted molar refractivity (Wildman–Crippen MR) is 88.2 cm³/mol. The van der Waals surface area contributed by atoms with Gasteiger partial charge in [0, 0.05) is 19.6 Å². The Balaban J connectivity index is 2.10. The van der Waals surface area contributed by atoms with Gasteiger partial charge in [-0.3, -0.25) is 4.79 Å². The van der Waals surface area contributed by atoms with E-state index in [4.69, 9.17) is 16.3 Å². The number of hydrogen-bond donors (Lipinski definition) is 1. The summed E-state index contributed by atoms with van der Waals surface area (Å²) in [6.07, 6.45) is 2.81. The molecule has 0 aromatic heterocycles. The van der Waals surface area contributed by atoms with Crippen LogP contribution in [0.5, 0.6) is 5.75 Å². The minimum Gasteiger partial charge on any atom is -0.482 e. The van der Waals surface area contributed by atoms with Gasteiger partial charge in [0.1, 0.15) is 5.75 Å². The highest BCUT2D eigenvalue weighted by atomic mass is 35.5. The Hall–Kier alpha value is -1.31. The molecular weight excluding hydrogens is 340 g/mol. The Bertz CT molecular complexity index is 657. The van der Waals surface area contributed by atoms with E-state index in [1.165, 1.54) is 22.5 Å². The number of carbonyl (C=O) groups excluding carboxylic acids is 1. The predicted octanol–water partition coefficient (Wildman–Crippen LogP) is 2.03. The molecule has 1 N–H and O–H groups in total. The van der Waals surface area contributed by atoms with Crippen molar-refractivity contribution < 1.29 is 17.9 Å². The fourth-order valence-electron chi connectivity index (χ4n) is 2.40. The first-order valence-corrected chi connectivity index (χ1v) is 9.46. The van der Waals surface area contributed by atoms with Gasteiger partial charge in [0.25, 0.3) is 5.91 Å². The molecule has 0 atom stereocenters. The fourth-order valence-corrected chi connectivity index (χ4v) is 4.25. The molecule has 0 radical (unpaired) electrons. The van der Waals surface area contributed by atoms with Gasteiger partial charge < -0.3 is 10.1 Å². The topological polar surface area (TPSA) is 75.7 Å². The van der Waals surface area contributed by atoms with Gasteiger partial charge in [-0.2, -0.15) is 4.31 Å². The number of piperidine rings is 1. The van der Waals surface area contributed by atoms with Crippen molar-refractivity contribution >= 4 is 27.5 Å². The van der Waals surface area contributed by atoms with Gasteiger partial charge in [0.05, 0.1) is 9.92 Å². The van der Waals surface area contributed by atoms with Crippen molar-refractivity contribution in [3.8, 4) is 5.75 Å². The number of benzene rings is 1. The number of hydrogen-bond acceptors (Lipinski definition) is 4. The fraction of sp³-hybridized carbons (Fsp3) is 0.533. The van der Waals surface area contributed by atoms with Crippen molar-refractivity contribution in [2.75, 3.05) is 26.2 Å². The van der Waals surface area contributed by atoms with Crippen molar-refractivity contribution in [2.24, 2.45) is 0 Å². The molecule has 1 aliphatic heterocycles. The van der Waals surface area contributed by atoms with Crippen LogP contribution < -0.4 is 10.1 Å². The average Bonchev–Trinajstić information content (AvgIpc) is 2.54. The first kappa shape index (κ1) is 18.0. The van der Waals surface area contributed by atoms with Crippen molar-refractivity contribution in [2.45, 2.75) is 31.1 Å². The number of ether oxygens (including phenoxy) is 1. The normalized spacial score (nSPS) is 16.1. The number of likely N-dealkylation sites (N-methyl/N-ethyl adjacent to an activating group) is 1. The molecule has 0 saturated carbocycles. The number of rotatable bonds is 6. The highest BCUT2D eigenvalue weighted by Crippen LogP contribution is 2.29. The molecule has 1 heterocycles. The highest BCUT2D eigenvalue weighted by molar-refractivity contribution is 7.89. The van der Waals surface area contributed by atoms with E-state index in [9.17, 15) is 13.2 Å². The molecule has 0 spiro atoms. The number of halogens is 1. The number of amides is 1. The van der Waals surface area contributed by atoms with Crippen LogP contribution in [0.2, 0.25) is 5.02 Å². The van der Waals surface area contributed by atoms with E-state index in [0.29, 0.717) is 19.6 Å². The van der Waals surface area contributed by atoms with Crippen molar-refractivity contribution in [3.63, 3.8) is 0 Å². The van der Waals surface area contributed by atoms with Gasteiger partial charge in [-0.15, -0.1) is 0 Å². The summed E-state index contributed by atoms with van der Waals surface area (Å²) in [7, 11) is -3.53. The zero-order valence-corrected chi connectivity index (χ0v) is 14.6. The van der Waals surface area contributed by atoms with E-state index in [0.717, 1.165) is 19.3 Å². The molecule has 1 saturated heterocycles. The lowest BCUT2D eigenvalue weighted by Gasteiger charge is -2.26. The lowest BCUT2D eigenvalue weighted by Crippen LogP contribution is -2.35. The summed E-state index contributed by atoms with van der Waals surface area (Å²) in [5.41, 5.74) is 0. The van der Waals surface area contributed by atoms with Gasteiger partial charge in [-0.1, -0.05) is 18.0 Å². The van der Waals surface area contributed by atoms with Crippen LogP contribution in [0, 0.1) is 0 Å². The van der Waals surface area contributed by atoms with Crippen molar-refractivity contribution in [1.82, 2.24) is 9.62 Å². The van der Waals surface area contributed by atoms with E-state index in [1.54, 1.807) is 0 Å². The Morgan fingerprint density at radius 2 is 2.00 bits per heavy atom. The monoisotopic (exact) mass is 360 g/mol. The van der Waals surface area contributed by atoms with E-state index in [2.05, 4.69) is 5.32 Å². The molecule has 8 heteroatoms. The Morgan fingerprint density at radius 1 is 1.30 bits per heavy atom. The van der Waals surface area contributed by atoms with Gasteiger partial charge in [-0.05, 0) is 38.0 Å².